The minimum absolute atomic E-state index is 0.446. The van der Waals surface area contributed by atoms with Gasteiger partial charge in [-0.2, -0.15) is 4.39 Å². The summed E-state index contributed by atoms with van der Waals surface area (Å²) in [6, 6.07) is 4.74. The zero-order valence-electron chi connectivity index (χ0n) is 8.63. The number of pyridine rings is 1. The molecule has 0 aliphatic carbocycles. The van der Waals surface area contributed by atoms with Crippen LogP contribution in [0.5, 0.6) is 0 Å². The van der Waals surface area contributed by atoms with Crippen molar-refractivity contribution in [1.82, 2.24) is 9.88 Å². The molecule has 0 unspecified atom stereocenters. The average Bonchev–Trinajstić information content (AvgIpc) is 2.17. The molecule has 0 aliphatic heterocycles. The molecule has 3 nitrogen and oxygen atoms in total. The summed E-state index contributed by atoms with van der Waals surface area (Å²) in [4.78, 5) is 5.87. The fraction of sp³-hybridized carbons (Fsp3) is 0.500. The van der Waals surface area contributed by atoms with Gasteiger partial charge in [-0.3, -0.25) is 0 Å². The highest BCUT2D eigenvalue weighted by Gasteiger charge is 1.96. The molecule has 0 aliphatic rings. The van der Waals surface area contributed by atoms with Crippen molar-refractivity contribution in [1.29, 1.82) is 0 Å². The third-order valence-electron chi connectivity index (χ3n) is 2.05. The number of aromatic nitrogens is 1. The van der Waals surface area contributed by atoms with E-state index in [4.69, 9.17) is 0 Å². The third kappa shape index (κ3) is 3.70. The molecular formula is C10H16FN3. The molecule has 0 spiro atoms. The van der Waals surface area contributed by atoms with Crippen molar-refractivity contribution >= 4 is 5.82 Å². The van der Waals surface area contributed by atoms with Crippen LogP contribution in [0.2, 0.25) is 0 Å². The molecule has 0 radical (unpaired) electrons. The maximum atomic E-state index is 12.7. The van der Waals surface area contributed by atoms with Crippen molar-refractivity contribution in [3.05, 3.63) is 24.1 Å². The molecule has 1 heterocycles. The Hall–Kier alpha value is -1.16. The number of hydrogen-bond donors (Lipinski definition) is 1. The highest BCUT2D eigenvalue weighted by molar-refractivity contribution is 5.33. The second kappa shape index (κ2) is 5.54. The Morgan fingerprint density at radius 2 is 2.29 bits per heavy atom. The topological polar surface area (TPSA) is 28.2 Å². The molecule has 1 aromatic rings. The Labute approximate surface area is 84.0 Å². The first-order valence-corrected chi connectivity index (χ1v) is 4.77. The molecule has 0 amide bonds. The van der Waals surface area contributed by atoms with Crippen LogP contribution >= 0.6 is 0 Å². The number of nitrogens with one attached hydrogen (secondary N) is 1. The van der Waals surface area contributed by atoms with Crippen molar-refractivity contribution in [2.45, 2.75) is 6.92 Å². The molecule has 4 heteroatoms. The van der Waals surface area contributed by atoms with Gasteiger partial charge in [-0.05, 0) is 25.7 Å². The molecule has 14 heavy (non-hydrogen) atoms. The molecule has 0 saturated heterocycles. The van der Waals surface area contributed by atoms with Gasteiger partial charge in [0.05, 0.1) is 0 Å². The minimum atomic E-state index is -0.446. The summed E-state index contributed by atoms with van der Waals surface area (Å²) in [6.45, 7) is 4.81. The fourth-order valence-corrected chi connectivity index (χ4v) is 1.04. The fourth-order valence-electron chi connectivity index (χ4n) is 1.04. The van der Waals surface area contributed by atoms with E-state index >= 15 is 0 Å². The van der Waals surface area contributed by atoms with E-state index in [1.54, 1.807) is 12.1 Å². The van der Waals surface area contributed by atoms with Crippen LogP contribution in [0.15, 0.2) is 18.2 Å². The van der Waals surface area contributed by atoms with E-state index in [2.05, 4.69) is 22.1 Å². The van der Waals surface area contributed by atoms with Crippen molar-refractivity contribution in [2.24, 2.45) is 0 Å². The van der Waals surface area contributed by atoms with Crippen molar-refractivity contribution in [2.75, 3.05) is 32.0 Å². The number of likely N-dealkylation sites (N-methyl/N-ethyl adjacent to an activating group) is 1. The smallest absolute Gasteiger partial charge is 0.214 e. The number of nitrogens with zero attached hydrogens (tertiary/aromatic N) is 2. The predicted octanol–water partition coefficient (Wildman–Crippen LogP) is 1.58. The van der Waals surface area contributed by atoms with Gasteiger partial charge in [-0.15, -0.1) is 0 Å². The molecule has 0 bridgehead atoms. The number of halogens is 1. The van der Waals surface area contributed by atoms with Gasteiger partial charge in [-0.1, -0.05) is 13.0 Å². The van der Waals surface area contributed by atoms with Crippen LogP contribution in [0.3, 0.4) is 0 Å². The maximum absolute atomic E-state index is 12.7. The number of rotatable bonds is 5. The van der Waals surface area contributed by atoms with E-state index in [1.165, 1.54) is 6.07 Å². The lowest BCUT2D eigenvalue weighted by Gasteiger charge is -2.14. The summed E-state index contributed by atoms with van der Waals surface area (Å²) in [5, 5.41) is 3.06. The normalized spacial score (nSPS) is 10.6. The van der Waals surface area contributed by atoms with E-state index in [9.17, 15) is 4.39 Å². The minimum Gasteiger partial charge on any atom is -0.369 e. The first-order valence-electron chi connectivity index (χ1n) is 4.77. The molecule has 0 atom stereocenters. The first kappa shape index (κ1) is 10.9. The van der Waals surface area contributed by atoms with Crippen molar-refractivity contribution in [3.63, 3.8) is 0 Å². The maximum Gasteiger partial charge on any atom is 0.214 e. The second-order valence-corrected chi connectivity index (χ2v) is 3.17. The molecule has 1 rings (SSSR count). The summed E-state index contributed by atoms with van der Waals surface area (Å²) >= 11 is 0. The highest BCUT2D eigenvalue weighted by atomic mass is 19.1. The van der Waals surface area contributed by atoms with Gasteiger partial charge >= 0.3 is 0 Å². The number of anilines is 1. The van der Waals surface area contributed by atoms with Crippen molar-refractivity contribution < 1.29 is 4.39 Å². The SMILES string of the molecule is CCN(C)CCNc1cccc(F)n1. The van der Waals surface area contributed by atoms with Gasteiger partial charge in [-0.25, -0.2) is 4.98 Å². The predicted molar refractivity (Wildman–Crippen MR) is 55.9 cm³/mol. The van der Waals surface area contributed by atoms with Crippen LogP contribution in [0, 0.1) is 5.95 Å². The van der Waals surface area contributed by atoms with E-state index in [1.807, 2.05) is 7.05 Å². The molecule has 78 valence electrons. The van der Waals surface area contributed by atoms with Gasteiger partial charge in [0, 0.05) is 13.1 Å². The van der Waals surface area contributed by atoms with E-state index in [-0.39, 0.29) is 0 Å². The molecule has 1 aromatic heterocycles. The average molecular weight is 197 g/mol. The zero-order valence-corrected chi connectivity index (χ0v) is 8.63. The first-order chi connectivity index (χ1) is 6.72. The molecule has 0 fully saturated rings. The van der Waals surface area contributed by atoms with Crippen molar-refractivity contribution in [3.8, 4) is 0 Å². The van der Waals surface area contributed by atoms with Gasteiger partial charge < -0.3 is 10.2 Å². The summed E-state index contributed by atoms with van der Waals surface area (Å²) in [5.74, 6) is 0.147. The Balaban J connectivity index is 2.31. The zero-order chi connectivity index (χ0) is 10.4. The summed E-state index contributed by atoms with van der Waals surface area (Å²) in [5.41, 5.74) is 0. The Morgan fingerprint density at radius 3 is 2.93 bits per heavy atom. The molecular weight excluding hydrogens is 181 g/mol. The summed E-state index contributed by atoms with van der Waals surface area (Å²) < 4.78 is 12.7. The Kier molecular flexibility index (Phi) is 4.32. The van der Waals surface area contributed by atoms with Crippen LogP contribution in [0.4, 0.5) is 10.2 Å². The van der Waals surface area contributed by atoms with Gasteiger partial charge in [0.1, 0.15) is 5.82 Å². The van der Waals surface area contributed by atoms with Crippen LogP contribution in [0.25, 0.3) is 0 Å². The molecule has 0 saturated carbocycles. The van der Waals surface area contributed by atoms with E-state index in [0.29, 0.717) is 5.82 Å². The Bertz CT molecular complexity index is 278. The molecule has 0 aromatic carbocycles. The van der Waals surface area contributed by atoms with Crippen LogP contribution in [-0.4, -0.2) is 36.6 Å². The van der Waals surface area contributed by atoms with Crippen LogP contribution in [0.1, 0.15) is 6.92 Å². The van der Waals surface area contributed by atoms with Gasteiger partial charge in [0.25, 0.3) is 0 Å². The van der Waals surface area contributed by atoms with E-state index in [0.717, 1.165) is 19.6 Å². The third-order valence-corrected chi connectivity index (χ3v) is 2.05. The second-order valence-electron chi connectivity index (χ2n) is 3.17. The highest BCUT2D eigenvalue weighted by Crippen LogP contribution is 2.02. The lowest BCUT2D eigenvalue weighted by Crippen LogP contribution is -2.24. The standard InChI is InChI=1S/C10H16FN3/c1-3-14(2)8-7-12-10-6-4-5-9(11)13-10/h4-6H,3,7-8H2,1-2H3,(H,12,13). The van der Waals surface area contributed by atoms with Crippen LogP contribution in [-0.2, 0) is 0 Å². The van der Waals surface area contributed by atoms with Crippen LogP contribution < -0.4 is 5.32 Å². The number of hydrogen-bond acceptors (Lipinski definition) is 3. The Morgan fingerprint density at radius 1 is 1.50 bits per heavy atom. The summed E-state index contributed by atoms with van der Waals surface area (Å²) in [7, 11) is 2.04. The lowest BCUT2D eigenvalue weighted by molar-refractivity contribution is 0.367. The quantitative estimate of drug-likeness (QED) is 0.726. The lowest BCUT2D eigenvalue weighted by atomic mass is 10.4. The monoisotopic (exact) mass is 197 g/mol. The molecule has 1 N–H and O–H groups in total. The summed E-state index contributed by atoms with van der Waals surface area (Å²) in [6.07, 6.45) is 0. The largest absolute Gasteiger partial charge is 0.369 e. The van der Waals surface area contributed by atoms with Gasteiger partial charge in [0.2, 0.25) is 5.95 Å². The van der Waals surface area contributed by atoms with Gasteiger partial charge in [0.15, 0.2) is 0 Å². The van der Waals surface area contributed by atoms with E-state index < -0.39 is 5.95 Å².